The SMILES string of the molecule is O=[N+]([O-])c1cccc(-c2nnc(Nc3cc(Cl)c(Cl)c(Cl)c3Cl)s2)c1. The molecule has 0 unspecified atom stereocenters. The fourth-order valence-electron chi connectivity index (χ4n) is 1.92. The molecule has 0 aliphatic carbocycles. The molecule has 11 heteroatoms. The van der Waals surface area contributed by atoms with E-state index in [1.807, 2.05) is 0 Å². The topological polar surface area (TPSA) is 81.0 Å². The Balaban J connectivity index is 1.90. The van der Waals surface area contributed by atoms with Gasteiger partial charge in [-0.1, -0.05) is 69.9 Å². The molecular formula is C14H6Cl4N4O2S. The summed E-state index contributed by atoms with van der Waals surface area (Å²) in [5, 5.41) is 23.5. The van der Waals surface area contributed by atoms with Crippen molar-refractivity contribution < 1.29 is 4.92 Å². The number of nitro groups is 1. The average molecular weight is 436 g/mol. The van der Waals surface area contributed by atoms with Gasteiger partial charge in [0.25, 0.3) is 5.69 Å². The van der Waals surface area contributed by atoms with Gasteiger partial charge in [-0.2, -0.15) is 0 Å². The van der Waals surface area contributed by atoms with Gasteiger partial charge in [-0.15, -0.1) is 10.2 Å². The average Bonchev–Trinajstić information content (AvgIpc) is 3.06. The number of benzene rings is 2. The summed E-state index contributed by atoms with van der Waals surface area (Å²) >= 11 is 25.3. The van der Waals surface area contributed by atoms with Crippen LogP contribution in [0.4, 0.5) is 16.5 Å². The summed E-state index contributed by atoms with van der Waals surface area (Å²) in [6, 6.07) is 7.64. The number of hydrogen-bond donors (Lipinski definition) is 1. The predicted molar refractivity (Wildman–Crippen MR) is 102 cm³/mol. The number of halogens is 4. The lowest BCUT2D eigenvalue weighted by Gasteiger charge is -2.09. The molecule has 3 aromatic rings. The van der Waals surface area contributed by atoms with Gasteiger partial charge in [0.1, 0.15) is 5.01 Å². The third-order valence-electron chi connectivity index (χ3n) is 3.07. The van der Waals surface area contributed by atoms with E-state index in [1.54, 1.807) is 12.1 Å². The maximum absolute atomic E-state index is 10.9. The van der Waals surface area contributed by atoms with E-state index >= 15 is 0 Å². The zero-order valence-corrected chi connectivity index (χ0v) is 15.8. The molecule has 0 fully saturated rings. The maximum Gasteiger partial charge on any atom is 0.270 e. The van der Waals surface area contributed by atoms with E-state index < -0.39 is 4.92 Å². The summed E-state index contributed by atoms with van der Waals surface area (Å²) in [4.78, 5) is 10.4. The summed E-state index contributed by atoms with van der Waals surface area (Å²) in [6.07, 6.45) is 0. The van der Waals surface area contributed by atoms with E-state index in [4.69, 9.17) is 46.4 Å². The number of nitro benzene ring substituents is 1. The van der Waals surface area contributed by atoms with Gasteiger partial charge in [0.05, 0.1) is 30.7 Å². The van der Waals surface area contributed by atoms with Crippen LogP contribution in [-0.2, 0) is 0 Å². The van der Waals surface area contributed by atoms with E-state index in [2.05, 4.69) is 15.5 Å². The Kier molecular flexibility index (Phi) is 5.31. The number of rotatable bonds is 4. The van der Waals surface area contributed by atoms with Crippen molar-refractivity contribution in [2.45, 2.75) is 0 Å². The lowest BCUT2D eigenvalue weighted by Crippen LogP contribution is -1.92. The molecule has 2 aromatic carbocycles. The number of aromatic nitrogens is 2. The van der Waals surface area contributed by atoms with Crippen molar-refractivity contribution >= 4 is 74.2 Å². The molecule has 0 saturated heterocycles. The van der Waals surface area contributed by atoms with Crippen LogP contribution in [0.2, 0.25) is 20.1 Å². The standard InChI is InChI=1S/C14H6Cl4N4O2S/c15-8-5-9(11(17)12(18)10(8)16)19-14-21-20-13(25-14)6-2-1-3-7(4-6)22(23)24/h1-5H,(H,19,21). The molecule has 25 heavy (non-hydrogen) atoms. The lowest BCUT2D eigenvalue weighted by molar-refractivity contribution is -0.384. The molecule has 0 bridgehead atoms. The van der Waals surface area contributed by atoms with Crippen molar-refractivity contribution in [2.75, 3.05) is 5.32 Å². The fraction of sp³-hybridized carbons (Fsp3) is 0. The molecule has 3 rings (SSSR count). The van der Waals surface area contributed by atoms with Crippen LogP contribution in [0.1, 0.15) is 0 Å². The number of nitrogens with one attached hydrogen (secondary N) is 1. The first-order valence-corrected chi connectivity index (χ1v) is 8.88. The smallest absolute Gasteiger partial charge is 0.270 e. The van der Waals surface area contributed by atoms with Crippen molar-refractivity contribution in [3.63, 3.8) is 0 Å². The Hall–Kier alpha value is -1.64. The first-order valence-electron chi connectivity index (χ1n) is 6.55. The second-order valence-electron chi connectivity index (χ2n) is 4.69. The van der Waals surface area contributed by atoms with Gasteiger partial charge in [0.15, 0.2) is 0 Å². The summed E-state index contributed by atoms with van der Waals surface area (Å²) in [7, 11) is 0. The largest absolute Gasteiger partial charge is 0.329 e. The van der Waals surface area contributed by atoms with Gasteiger partial charge in [-0.05, 0) is 6.07 Å². The van der Waals surface area contributed by atoms with Gasteiger partial charge >= 0.3 is 0 Å². The Morgan fingerprint density at radius 1 is 1.04 bits per heavy atom. The molecule has 0 aliphatic rings. The van der Waals surface area contributed by atoms with Crippen molar-refractivity contribution in [3.8, 4) is 10.6 Å². The van der Waals surface area contributed by atoms with E-state index in [9.17, 15) is 10.1 Å². The highest BCUT2D eigenvalue weighted by atomic mass is 35.5. The third kappa shape index (κ3) is 3.80. The predicted octanol–water partition coefficient (Wildman–Crippen LogP) is 6.47. The van der Waals surface area contributed by atoms with Crippen LogP contribution in [0.25, 0.3) is 10.6 Å². The molecule has 0 aliphatic heterocycles. The highest BCUT2D eigenvalue weighted by Gasteiger charge is 2.16. The zero-order valence-electron chi connectivity index (χ0n) is 12.0. The normalized spacial score (nSPS) is 10.7. The van der Waals surface area contributed by atoms with Gasteiger partial charge < -0.3 is 5.32 Å². The quantitative estimate of drug-likeness (QED) is 0.220. The minimum atomic E-state index is -0.471. The van der Waals surface area contributed by atoms with Crippen LogP contribution in [-0.4, -0.2) is 15.1 Å². The van der Waals surface area contributed by atoms with Crippen molar-refractivity contribution in [2.24, 2.45) is 0 Å². The lowest BCUT2D eigenvalue weighted by atomic mass is 10.2. The van der Waals surface area contributed by atoms with Crippen molar-refractivity contribution in [1.82, 2.24) is 10.2 Å². The van der Waals surface area contributed by atoms with Crippen molar-refractivity contribution in [1.29, 1.82) is 0 Å². The van der Waals surface area contributed by atoms with Crippen LogP contribution < -0.4 is 5.32 Å². The summed E-state index contributed by atoms with van der Waals surface area (Å²) in [6.45, 7) is 0. The summed E-state index contributed by atoms with van der Waals surface area (Å²) < 4.78 is 0. The van der Waals surface area contributed by atoms with Gasteiger partial charge in [-0.25, -0.2) is 0 Å². The van der Waals surface area contributed by atoms with Crippen LogP contribution in [0.3, 0.4) is 0 Å². The van der Waals surface area contributed by atoms with E-state index in [0.29, 0.717) is 21.4 Å². The molecule has 1 heterocycles. The number of nitrogens with zero attached hydrogens (tertiary/aromatic N) is 3. The first kappa shape index (κ1) is 18.2. The van der Waals surface area contributed by atoms with E-state index in [-0.39, 0.29) is 25.8 Å². The Bertz CT molecular complexity index is 979. The van der Waals surface area contributed by atoms with Crippen LogP contribution >= 0.6 is 57.7 Å². The number of anilines is 2. The van der Waals surface area contributed by atoms with E-state index in [1.165, 1.54) is 29.5 Å². The number of hydrogen-bond acceptors (Lipinski definition) is 6. The highest BCUT2D eigenvalue weighted by molar-refractivity contribution is 7.18. The number of non-ortho nitro benzene ring substituents is 1. The molecule has 1 N–H and O–H groups in total. The molecule has 0 spiro atoms. The van der Waals surface area contributed by atoms with Crippen molar-refractivity contribution in [3.05, 3.63) is 60.5 Å². The van der Waals surface area contributed by atoms with Gasteiger partial charge in [0, 0.05) is 17.7 Å². The molecule has 0 atom stereocenters. The Labute approximate surface area is 165 Å². The highest BCUT2D eigenvalue weighted by Crippen LogP contribution is 2.42. The molecule has 0 amide bonds. The molecule has 128 valence electrons. The molecule has 1 aromatic heterocycles. The third-order valence-corrected chi connectivity index (χ3v) is 5.71. The Morgan fingerprint density at radius 3 is 2.52 bits per heavy atom. The summed E-state index contributed by atoms with van der Waals surface area (Å²) in [5.74, 6) is 0. The zero-order chi connectivity index (χ0) is 18.1. The molecule has 0 saturated carbocycles. The van der Waals surface area contributed by atoms with Crippen LogP contribution in [0.5, 0.6) is 0 Å². The monoisotopic (exact) mass is 434 g/mol. The molecular weight excluding hydrogens is 430 g/mol. The minimum absolute atomic E-state index is 0.0264. The summed E-state index contributed by atoms with van der Waals surface area (Å²) in [5.41, 5.74) is 0.974. The van der Waals surface area contributed by atoms with E-state index in [0.717, 1.165) is 0 Å². The molecule has 0 radical (unpaired) electrons. The second-order valence-corrected chi connectivity index (χ2v) is 7.21. The van der Waals surface area contributed by atoms with Crippen LogP contribution in [0, 0.1) is 10.1 Å². The van der Waals surface area contributed by atoms with Crippen LogP contribution in [0.15, 0.2) is 30.3 Å². The first-order chi connectivity index (χ1) is 11.9. The molecule has 6 nitrogen and oxygen atoms in total. The van der Waals surface area contributed by atoms with Gasteiger partial charge in [-0.3, -0.25) is 10.1 Å². The minimum Gasteiger partial charge on any atom is -0.329 e. The fourth-order valence-corrected chi connectivity index (χ4v) is 3.52. The van der Waals surface area contributed by atoms with Gasteiger partial charge in [0.2, 0.25) is 5.13 Å². The Morgan fingerprint density at radius 2 is 1.80 bits per heavy atom. The second kappa shape index (κ2) is 7.31. The maximum atomic E-state index is 10.9.